The molecular weight excluding hydrogens is 291 g/mol. The molecule has 0 saturated carbocycles. The molecule has 3 saturated heterocycles. The molecule has 0 atom stereocenters. The van der Waals surface area contributed by atoms with Crippen molar-refractivity contribution in [1.29, 1.82) is 0 Å². The summed E-state index contributed by atoms with van der Waals surface area (Å²) in [4.78, 5) is 0. The second kappa shape index (κ2) is 1.20. The van der Waals surface area contributed by atoms with Crippen LogP contribution in [0.4, 0.5) is 0 Å². The molecule has 0 unspecified atom stereocenters. The summed E-state index contributed by atoms with van der Waals surface area (Å²) in [7, 11) is 0. The first kappa shape index (κ1) is 4.66. The van der Waals surface area contributed by atoms with Crippen molar-refractivity contribution in [2.24, 2.45) is 0 Å². The molecule has 0 aliphatic carbocycles. The Balaban J connectivity index is 2.03. The fraction of sp³-hybridized carbons (Fsp3) is 1.00. The van der Waals surface area contributed by atoms with Crippen molar-refractivity contribution in [2.45, 2.75) is 19.3 Å². The standard InChI is InChI=1S/C3H5O3.Pb/c1-2-3(4,5)6;/h2H2,1H3;/q-3;+3. The van der Waals surface area contributed by atoms with Gasteiger partial charge in [0.25, 0.3) is 0 Å². The zero-order chi connectivity index (χ0) is 4.91. The van der Waals surface area contributed by atoms with Crippen LogP contribution in [0.5, 0.6) is 0 Å². The van der Waals surface area contributed by atoms with Gasteiger partial charge in [-0.3, -0.25) is 0 Å². The van der Waals surface area contributed by atoms with Crippen LogP contribution in [0.3, 0.4) is 0 Å². The Morgan fingerprint density at radius 1 is 1.43 bits per heavy atom. The molecule has 7 heavy (non-hydrogen) atoms. The number of hydrogen-bond acceptors (Lipinski definition) is 3. The van der Waals surface area contributed by atoms with Crippen LogP contribution in [-0.4, -0.2) is 30.0 Å². The maximum absolute atomic E-state index is 5.13. The van der Waals surface area contributed by atoms with E-state index in [2.05, 4.69) is 0 Å². The van der Waals surface area contributed by atoms with Gasteiger partial charge in [0.2, 0.25) is 0 Å². The zero-order valence-electron chi connectivity index (χ0n) is 3.93. The fourth-order valence-electron chi connectivity index (χ4n) is 0.620. The van der Waals surface area contributed by atoms with E-state index in [1.54, 1.807) is 0 Å². The van der Waals surface area contributed by atoms with Crippen LogP contribution >= 0.6 is 0 Å². The minimum absolute atomic E-state index is 0.498. The normalized spacial score (nSPS) is 33.9. The third kappa shape index (κ3) is 0.444. The van der Waals surface area contributed by atoms with Crippen LogP contribution in [-0.2, 0) is 8.06 Å². The third-order valence-corrected chi connectivity index (χ3v) is 6.72. The van der Waals surface area contributed by atoms with E-state index in [-0.39, 0.29) is 0 Å². The Bertz CT molecular complexity index is 81.3. The van der Waals surface area contributed by atoms with E-state index in [9.17, 15) is 0 Å². The summed E-state index contributed by atoms with van der Waals surface area (Å²) in [6, 6.07) is 0. The zero-order valence-corrected chi connectivity index (χ0v) is 7.82. The van der Waals surface area contributed by atoms with Gasteiger partial charge in [-0.15, -0.1) is 0 Å². The Morgan fingerprint density at radius 2 is 2.00 bits per heavy atom. The van der Waals surface area contributed by atoms with Gasteiger partial charge >= 0.3 is 51.4 Å². The first-order valence-corrected chi connectivity index (χ1v) is 7.05. The maximum atomic E-state index is 5.13. The Morgan fingerprint density at radius 3 is 2.00 bits per heavy atom. The molecule has 0 spiro atoms. The molecule has 0 aromatic carbocycles. The average Bonchev–Trinajstić information content (AvgIpc) is 1.25. The second-order valence-electron chi connectivity index (χ2n) is 1.59. The molecule has 3 aliphatic rings. The molecule has 0 aromatic rings. The van der Waals surface area contributed by atoms with E-state index in [1.165, 1.54) is 0 Å². The Kier molecular flexibility index (Phi) is 0.800. The van der Waals surface area contributed by atoms with Crippen LogP contribution in [0, 0.1) is 0 Å². The second-order valence-corrected chi connectivity index (χ2v) is 5.92. The topological polar surface area (TPSA) is 27.7 Å². The van der Waals surface area contributed by atoms with E-state index in [0.717, 1.165) is 6.42 Å². The van der Waals surface area contributed by atoms with Crippen LogP contribution in [0.2, 0.25) is 0 Å². The summed E-state index contributed by atoms with van der Waals surface area (Å²) in [6.45, 7) is 1.99. The molecule has 3 nitrogen and oxygen atoms in total. The SMILES string of the molecule is CCC12[O][Pb]([O]1)[O]2. The van der Waals surface area contributed by atoms with Crippen molar-refractivity contribution in [3.05, 3.63) is 0 Å². The van der Waals surface area contributed by atoms with Crippen molar-refractivity contribution in [3.8, 4) is 0 Å². The first-order chi connectivity index (χ1) is 3.35. The molecule has 2 bridgehead atoms. The first-order valence-electron chi connectivity index (χ1n) is 2.29. The van der Waals surface area contributed by atoms with Crippen LogP contribution in [0.15, 0.2) is 0 Å². The molecule has 0 aromatic heterocycles. The quantitative estimate of drug-likeness (QED) is 0.643. The van der Waals surface area contributed by atoms with E-state index in [1.807, 2.05) is 6.92 Å². The van der Waals surface area contributed by atoms with Gasteiger partial charge in [-0.05, 0) is 0 Å². The number of rotatable bonds is 1. The summed E-state index contributed by atoms with van der Waals surface area (Å²) in [6.07, 6.45) is 0.834. The molecule has 0 amide bonds. The van der Waals surface area contributed by atoms with Gasteiger partial charge in [0.1, 0.15) is 0 Å². The van der Waals surface area contributed by atoms with Crippen molar-refractivity contribution < 1.29 is 8.06 Å². The molecule has 3 aliphatic heterocycles. The van der Waals surface area contributed by atoms with Crippen molar-refractivity contribution >= 4 is 24.1 Å². The van der Waals surface area contributed by atoms with Gasteiger partial charge in [0, 0.05) is 0 Å². The Labute approximate surface area is 51.6 Å². The van der Waals surface area contributed by atoms with Gasteiger partial charge in [-0.25, -0.2) is 0 Å². The van der Waals surface area contributed by atoms with E-state index >= 15 is 0 Å². The van der Waals surface area contributed by atoms with Gasteiger partial charge in [0.15, 0.2) is 0 Å². The van der Waals surface area contributed by atoms with Gasteiger partial charge in [-0.1, -0.05) is 0 Å². The summed E-state index contributed by atoms with van der Waals surface area (Å²) in [5.41, 5.74) is 0. The molecule has 1 radical (unpaired) electrons. The van der Waals surface area contributed by atoms with Crippen LogP contribution < -0.4 is 0 Å². The molecule has 4 heteroatoms. The molecule has 0 N–H and O–H groups in total. The van der Waals surface area contributed by atoms with Crippen LogP contribution in [0.1, 0.15) is 13.3 Å². The number of hydrogen-bond donors (Lipinski definition) is 0. The van der Waals surface area contributed by atoms with Gasteiger partial charge in [0.05, 0.1) is 0 Å². The molecule has 3 fully saturated rings. The Hall–Kier alpha value is 0.802. The van der Waals surface area contributed by atoms with E-state index in [4.69, 9.17) is 8.06 Å². The fourth-order valence-corrected chi connectivity index (χ4v) is 5.44. The summed E-state index contributed by atoms with van der Waals surface area (Å²) < 4.78 is 15.4. The van der Waals surface area contributed by atoms with Crippen molar-refractivity contribution in [2.75, 3.05) is 0 Å². The predicted molar refractivity (Wildman–Crippen MR) is 22.0 cm³/mol. The summed E-state index contributed by atoms with van der Waals surface area (Å²) >= 11 is -1.99. The minimum atomic E-state index is -1.99. The van der Waals surface area contributed by atoms with Gasteiger partial charge in [-0.2, -0.15) is 0 Å². The van der Waals surface area contributed by atoms with E-state index < -0.39 is 30.0 Å². The summed E-state index contributed by atoms with van der Waals surface area (Å²) in [5, 5.41) is 0. The van der Waals surface area contributed by atoms with Gasteiger partial charge < -0.3 is 0 Å². The third-order valence-electron chi connectivity index (χ3n) is 1.15. The van der Waals surface area contributed by atoms with Crippen molar-refractivity contribution in [3.63, 3.8) is 0 Å². The van der Waals surface area contributed by atoms with Crippen LogP contribution in [0.25, 0.3) is 0 Å². The summed E-state index contributed by atoms with van der Waals surface area (Å²) in [5.74, 6) is -0.498. The molecule has 39 valence electrons. The monoisotopic (exact) mass is 297 g/mol. The molecule has 3 heterocycles. The predicted octanol–water partition coefficient (Wildman–Crippen LogP) is 0.112. The van der Waals surface area contributed by atoms with Crippen molar-refractivity contribution in [1.82, 2.24) is 0 Å². The molecule has 3 rings (SSSR count). The van der Waals surface area contributed by atoms with E-state index in [0.29, 0.717) is 0 Å². The average molecular weight is 296 g/mol. The molecular formula is C3H5O3Pb.